The molecule has 1 heterocycles. The number of aromatic nitrogens is 2. The first kappa shape index (κ1) is 13.2. The van der Waals surface area contributed by atoms with Crippen molar-refractivity contribution in [3.8, 4) is 0 Å². The molecule has 0 aliphatic heterocycles. The maximum absolute atomic E-state index is 11.2. The Morgan fingerprint density at radius 2 is 2.15 bits per heavy atom. The second kappa shape index (κ2) is 5.32. The highest BCUT2D eigenvalue weighted by Gasteiger charge is 2.25. The molecule has 0 fully saturated rings. The number of carboxylic acids is 1. The minimum absolute atomic E-state index is 0.0260. The van der Waals surface area contributed by atoms with E-state index in [0.717, 1.165) is 19.3 Å². The van der Waals surface area contributed by atoms with Crippen molar-refractivity contribution in [1.82, 2.24) is 9.97 Å². The highest BCUT2D eigenvalue weighted by atomic mass is 79.9. The van der Waals surface area contributed by atoms with Crippen LogP contribution in [0.15, 0.2) is 34.9 Å². The van der Waals surface area contributed by atoms with Crippen molar-refractivity contribution in [2.75, 3.05) is 0 Å². The number of rotatable bonds is 2. The molecular formula is C15H13BrN2O2. The first-order valence-electron chi connectivity index (χ1n) is 6.50. The number of fused-ring (bicyclic) bond motifs is 1. The topological polar surface area (TPSA) is 63.1 Å². The molecule has 3 rings (SSSR count). The molecule has 1 unspecified atom stereocenters. The van der Waals surface area contributed by atoms with Gasteiger partial charge in [0.15, 0.2) is 5.69 Å². The van der Waals surface area contributed by atoms with Gasteiger partial charge in [0, 0.05) is 12.1 Å². The molecule has 1 aliphatic carbocycles. The van der Waals surface area contributed by atoms with E-state index in [-0.39, 0.29) is 11.6 Å². The Kier molecular flexibility index (Phi) is 3.53. The molecule has 0 saturated carbocycles. The molecule has 1 aliphatic rings. The summed E-state index contributed by atoms with van der Waals surface area (Å²) in [7, 11) is 0. The molecule has 2 aromatic rings. The predicted molar refractivity (Wildman–Crippen MR) is 77.9 cm³/mol. The highest BCUT2D eigenvalue weighted by molar-refractivity contribution is 9.10. The molecule has 5 heteroatoms. The second-order valence-corrected chi connectivity index (χ2v) is 5.73. The Balaban J connectivity index is 2.07. The molecule has 1 atom stereocenters. The number of halogens is 1. The zero-order valence-electron chi connectivity index (χ0n) is 10.7. The smallest absolute Gasteiger partial charge is 0.355 e. The average Bonchev–Trinajstić information content (AvgIpc) is 2.47. The van der Waals surface area contributed by atoms with Gasteiger partial charge in [-0.2, -0.15) is 0 Å². The van der Waals surface area contributed by atoms with Crippen molar-refractivity contribution in [2.24, 2.45) is 0 Å². The molecule has 20 heavy (non-hydrogen) atoms. The molecule has 1 aromatic heterocycles. The van der Waals surface area contributed by atoms with Crippen LogP contribution in [-0.2, 0) is 6.42 Å². The number of hydrogen-bond donors (Lipinski definition) is 1. The summed E-state index contributed by atoms with van der Waals surface area (Å²) < 4.78 is 0.415. The largest absolute Gasteiger partial charge is 0.476 e. The first-order valence-corrected chi connectivity index (χ1v) is 7.29. The number of aryl methyl sites for hydroxylation is 1. The van der Waals surface area contributed by atoms with Crippen molar-refractivity contribution in [3.63, 3.8) is 0 Å². The summed E-state index contributed by atoms with van der Waals surface area (Å²) in [6.07, 6.45) is 4.62. The van der Waals surface area contributed by atoms with Crippen LogP contribution in [-0.4, -0.2) is 21.0 Å². The molecule has 1 aromatic carbocycles. The van der Waals surface area contributed by atoms with Gasteiger partial charge in [0.2, 0.25) is 0 Å². The maximum Gasteiger partial charge on any atom is 0.355 e. The third-order valence-electron chi connectivity index (χ3n) is 3.65. The number of aromatic carboxylic acids is 1. The fourth-order valence-electron chi connectivity index (χ4n) is 2.72. The number of nitrogens with zero attached hydrogens (tertiary/aromatic N) is 2. The minimum Gasteiger partial charge on any atom is -0.476 e. The highest BCUT2D eigenvalue weighted by Crippen LogP contribution is 2.35. The van der Waals surface area contributed by atoms with E-state index in [0.29, 0.717) is 10.3 Å². The van der Waals surface area contributed by atoms with Gasteiger partial charge in [0.1, 0.15) is 5.82 Å². The molecular weight excluding hydrogens is 320 g/mol. The second-order valence-electron chi connectivity index (χ2n) is 4.87. The van der Waals surface area contributed by atoms with Crippen LogP contribution in [0.1, 0.15) is 46.2 Å². The van der Waals surface area contributed by atoms with Crippen LogP contribution < -0.4 is 0 Å². The zero-order chi connectivity index (χ0) is 14.1. The predicted octanol–water partition coefficient (Wildman–Crippen LogP) is 3.41. The van der Waals surface area contributed by atoms with E-state index in [2.05, 4.69) is 38.0 Å². The summed E-state index contributed by atoms with van der Waals surface area (Å²) in [4.78, 5) is 19.7. The van der Waals surface area contributed by atoms with Crippen LogP contribution in [0.5, 0.6) is 0 Å². The van der Waals surface area contributed by atoms with Crippen LogP contribution >= 0.6 is 15.9 Å². The van der Waals surface area contributed by atoms with Crippen molar-refractivity contribution < 1.29 is 9.90 Å². The van der Waals surface area contributed by atoms with Gasteiger partial charge in [-0.3, -0.25) is 0 Å². The molecule has 1 N–H and O–H groups in total. The summed E-state index contributed by atoms with van der Waals surface area (Å²) >= 11 is 3.18. The lowest BCUT2D eigenvalue weighted by Gasteiger charge is -2.24. The van der Waals surface area contributed by atoms with Gasteiger partial charge in [-0.1, -0.05) is 24.3 Å². The van der Waals surface area contributed by atoms with E-state index >= 15 is 0 Å². The van der Waals surface area contributed by atoms with Crippen molar-refractivity contribution in [2.45, 2.75) is 25.2 Å². The van der Waals surface area contributed by atoms with Gasteiger partial charge in [-0.25, -0.2) is 14.8 Å². The number of carboxylic acid groups (broad SMARTS) is 1. The monoisotopic (exact) mass is 332 g/mol. The van der Waals surface area contributed by atoms with E-state index in [1.165, 1.54) is 17.3 Å². The van der Waals surface area contributed by atoms with Crippen LogP contribution in [0, 0.1) is 0 Å². The van der Waals surface area contributed by atoms with Gasteiger partial charge in [-0.15, -0.1) is 0 Å². The molecule has 0 spiro atoms. The van der Waals surface area contributed by atoms with Gasteiger partial charge in [-0.05, 0) is 46.3 Å². The summed E-state index contributed by atoms with van der Waals surface area (Å²) in [6, 6.07) is 8.25. The maximum atomic E-state index is 11.2. The standard InChI is InChI=1S/C15H13BrN2O2/c16-12-8-17-14(18-13(12)15(19)20)11-7-3-5-9-4-1-2-6-10(9)11/h1-2,4,6,8,11H,3,5,7H2,(H,19,20). The number of carbonyl (C=O) groups is 1. The van der Waals surface area contributed by atoms with Gasteiger partial charge >= 0.3 is 5.97 Å². The third kappa shape index (κ3) is 2.33. The van der Waals surface area contributed by atoms with Crippen LogP contribution in [0.2, 0.25) is 0 Å². The lowest BCUT2D eigenvalue weighted by molar-refractivity contribution is 0.0688. The minimum atomic E-state index is -1.04. The Morgan fingerprint density at radius 1 is 1.35 bits per heavy atom. The van der Waals surface area contributed by atoms with E-state index in [1.807, 2.05) is 12.1 Å². The number of hydrogen-bond acceptors (Lipinski definition) is 3. The van der Waals surface area contributed by atoms with E-state index in [1.54, 1.807) is 0 Å². The molecule has 0 amide bonds. The van der Waals surface area contributed by atoms with E-state index in [4.69, 9.17) is 5.11 Å². The Bertz CT molecular complexity index is 673. The van der Waals surface area contributed by atoms with Crippen LogP contribution in [0.4, 0.5) is 0 Å². The van der Waals surface area contributed by atoms with Crippen molar-refractivity contribution in [1.29, 1.82) is 0 Å². The Labute approximate surface area is 125 Å². The normalized spacial score (nSPS) is 17.6. The third-order valence-corrected chi connectivity index (χ3v) is 4.23. The molecule has 0 radical (unpaired) electrons. The fraction of sp³-hybridized carbons (Fsp3) is 0.267. The number of benzene rings is 1. The lowest BCUT2D eigenvalue weighted by atomic mass is 9.82. The summed E-state index contributed by atoms with van der Waals surface area (Å²) in [5, 5.41) is 9.16. The van der Waals surface area contributed by atoms with Gasteiger partial charge in [0.05, 0.1) is 4.47 Å². The lowest BCUT2D eigenvalue weighted by Crippen LogP contribution is -2.15. The Morgan fingerprint density at radius 3 is 2.95 bits per heavy atom. The van der Waals surface area contributed by atoms with Crippen molar-refractivity contribution >= 4 is 21.9 Å². The SMILES string of the molecule is O=C(O)c1nc(C2CCCc3ccccc32)ncc1Br. The van der Waals surface area contributed by atoms with Gasteiger partial charge < -0.3 is 5.11 Å². The first-order chi connectivity index (χ1) is 9.66. The molecule has 4 nitrogen and oxygen atoms in total. The van der Waals surface area contributed by atoms with Crippen LogP contribution in [0.3, 0.4) is 0 Å². The van der Waals surface area contributed by atoms with E-state index in [9.17, 15) is 4.79 Å². The van der Waals surface area contributed by atoms with E-state index < -0.39 is 5.97 Å². The summed E-state index contributed by atoms with van der Waals surface area (Å²) in [5.74, 6) is -0.353. The zero-order valence-corrected chi connectivity index (χ0v) is 12.3. The fourth-order valence-corrected chi connectivity index (χ4v) is 3.08. The molecule has 0 bridgehead atoms. The molecule has 0 saturated heterocycles. The Hall–Kier alpha value is -1.75. The quantitative estimate of drug-likeness (QED) is 0.915. The summed E-state index contributed by atoms with van der Waals surface area (Å²) in [6.45, 7) is 0. The summed E-state index contributed by atoms with van der Waals surface area (Å²) in [5.41, 5.74) is 2.56. The molecule has 102 valence electrons. The van der Waals surface area contributed by atoms with Crippen molar-refractivity contribution in [3.05, 3.63) is 57.6 Å². The van der Waals surface area contributed by atoms with Gasteiger partial charge in [0.25, 0.3) is 0 Å². The average molecular weight is 333 g/mol. The van der Waals surface area contributed by atoms with Crippen LogP contribution in [0.25, 0.3) is 0 Å².